The summed E-state index contributed by atoms with van der Waals surface area (Å²) < 4.78 is 0. The smallest absolute Gasteiger partial charge is 0.305 e. The molecule has 1 atom stereocenters. The van der Waals surface area contributed by atoms with Gasteiger partial charge in [-0.3, -0.25) is 19.6 Å². The summed E-state index contributed by atoms with van der Waals surface area (Å²) in [5.41, 5.74) is 2.06. The molecule has 0 aliphatic rings. The SMILES string of the molecule is CC(C)CCC(C(=O)NO)C(=O)N(CCC(=O)O)c1ccccc1. The number of carbonyl (C=O) groups excluding carboxylic acids is 2. The second-order valence-electron chi connectivity index (χ2n) is 5.97. The van der Waals surface area contributed by atoms with Gasteiger partial charge >= 0.3 is 5.97 Å². The molecule has 1 aromatic carbocycles. The number of anilines is 1. The third-order valence-corrected chi connectivity index (χ3v) is 3.64. The zero-order chi connectivity index (χ0) is 18.1. The van der Waals surface area contributed by atoms with Gasteiger partial charge in [-0.2, -0.15) is 0 Å². The Balaban J connectivity index is 3.04. The second-order valence-corrected chi connectivity index (χ2v) is 5.97. The van der Waals surface area contributed by atoms with Crippen molar-refractivity contribution < 1.29 is 24.7 Å². The Labute approximate surface area is 141 Å². The summed E-state index contributed by atoms with van der Waals surface area (Å²) in [6.45, 7) is 3.89. The number of carbonyl (C=O) groups is 3. The summed E-state index contributed by atoms with van der Waals surface area (Å²) in [5, 5.41) is 17.8. The van der Waals surface area contributed by atoms with Gasteiger partial charge in [0, 0.05) is 12.2 Å². The lowest BCUT2D eigenvalue weighted by Gasteiger charge is -2.26. The molecule has 7 nitrogen and oxygen atoms in total. The van der Waals surface area contributed by atoms with E-state index in [0.717, 1.165) is 0 Å². The molecular formula is C17H24N2O5. The van der Waals surface area contributed by atoms with Gasteiger partial charge in [0.15, 0.2) is 0 Å². The van der Waals surface area contributed by atoms with Crippen molar-refractivity contribution in [3.05, 3.63) is 30.3 Å². The maximum atomic E-state index is 12.8. The Morgan fingerprint density at radius 2 is 1.75 bits per heavy atom. The number of nitrogens with one attached hydrogen (secondary N) is 1. The van der Waals surface area contributed by atoms with Crippen LogP contribution in [0.4, 0.5) is 5.69 Å². The first-order chi connectivity index (χ1) is 11.4. The number of carboxylic acids is 1. The normalized spacial score (nSPS) is 11.8. The van der Waals surface area contributed by atoms with E-state index in [9.17, 15) is 14.4 Å². The topological polar surface area (TPSA) is 107 Å². The van der Waals surface area contributed by atoms with Crippen LogP contribution < -0.4 is 10.4 Å². The number of hydroxylamine groups is 1. The Hall–Kier alpha value is -2.41. The van der Waals surface area contributed by atoms with Crippen molar-refractivity contribution in [2.24, 2.45) is 11.8 Å². The van der Waals surface area contributed by atoms with Crippen LogP contribution in [0.1, 0.15) is 33.1 Å². The molecule has 1 unspecified atom stereocenters. The van der Waals surface area contributed by atoms with Crippen molar-refractivity contribution in [3.8, 4) is 0 Å². The molecule has 0 spiro atoms. The third kappa shape index (κ3) is 6.00. The lowest BCUT2D eigenvalue weighted by atomic mass is 9.95. The van der Waals surface area contributed by atoms with Crippen LogP contribution in [0.3, 0.4) is 0 Å². The van der Waals surface area contributed by atoms with E-state index in [0.29, 0.717) is 12.1 Å². The molecule has 0 aliphatic heterocycles. The van der Waals surface area contributed by atoms with Crippen LogP contribution in [0.15, 0.2) is 30.3 Å². The largest absolute Gasteiger partial charge is 0.481 e. The number of para-hydroxylation sites is 1. The molecule has 0 fully saturated rings. The summed E-state index contributed by atoms with van der Waals surface area (Å²) >= 11 is 0. The van der Waals surface area contributed by atoms with Gasteiger partial charge in [0.2, 0.25) is 5.91 Å². The van der Waals surface area contributed by atoms with Gasteiger partial charge in [-0.15, -0.1) is 0 Å². The molecule has 0 radical (unpaired) electrons. The molecule has 0 heterocycles. The summed E-state index contributed by atoms with van der Waals surface area (Å²) in [6.07, 6.45) is 0.670. The molecular weight excluding hydrogens is 312 g/mol. The lowest BCUT2D eigenvalue weighted by molar-refractivity contribution is -0.140. The standard InChI is InChI=1S/C17H24N2O5/c1-12(2)8-9-14(16(22)18-24)17(23)19(11-10-15(20)21)13-6-4-3-5-7-13/h3-7,12,14,24H,8-11H2,1-2H3,(H,18,22)(H,20,21). The molecule has 1 rings (SSSR count). The van der Waals surface area contributed by atoms with Gasteiger partial charge in [-0.05, 0) is 30.9 Å². The number of amides is 2. The highest BCUT2D eigenvalue weighted by atomic mass is 16.5. The second kappa shape index (κ2) is 9.67. The first kappa shape index (κ1) is 19.6. The van der Waals surface area contributed by atoms with E-state index in [4.69, 9.17) is 10.3 Å². The number of benzene rings is 1. The van der Waals surface area contributed by atoms with E-state index >= 15 is 0 Å². The van der Waals surface area contributed by atoms with Crippen LogP contribution >= 0.6 is 0 Å². The average Bonchev–Trinajstić information content (AvgIpc) is 2.55. The van der Waals surface area contributed by atoms with Gasteiger partial charge in [0.25, 0.3) is 5.91 Å². The number of carboxylic acid groups (broad SMARTS) is 1. The summed E-state index contributed by atoms with van der Waals surface area (Å²) in [4.78, 5) is 36.9. The molecule has 0 bridgehead atoms. The minimum atomic E-state index is -1.06. The van der Waals surface area contributed by atoms with Crippen LogP contribution in [0, 0.1) is 11.8 Å². The van der Waals surface area contributed by atoms with E-state index in [2.05, 4.69) is 0 Å². The fourth-order valence-corrected chi connectivity index (χ4v) is 2.31. The van der Waals surface area contributed by atoms with Crippen LogP contribution in [-0.2, 0) is 14.4 Å². The molecule has 7 heteroatoms. The first-order valence-electron chi connectivity index (χ1n) is 7.89. The van der Waals surface area contributed by atoms with Gasteiger partial charge in [0.05, 0.1) is 6.42 Å². The van der Waals surface area contributed by atoms with Gasteiger partial charge < -0.3 is 10.0 Å². The molecule has 0 saturated heterocycles. The van der Waals surface area contributed by atoms with Crippen LogP contribution in [0.5, 0.6) is 0 Å². The van der Waals surface area contributed by atoms with Gasteiger partial charge in [0.1, 0.15) is 5.92 Å². The van der Waals surface area contributed by atoms with Crippen LogP contribution in [0.2, 0.25) is 0 Å². The van der Waals surface area contributed by atoms with Crippen LogP contribution in [0.25, 0.3) is 0 Å². The summed E-state index contributed by atoms with van der Waals surface area (Å²) in [7, 11) is 0. The van der Waals surface area contributed by atoms with Crippen molar-refractivity contribution in [2.75, 3.05) is 11.4 Å². The predicted molar refractivity (Wildman–Crippen MR) is 88.5 cm³/mol. The molecule has 3 N–H and O–H groups in total. The van der Waals surface area contributed by atoms with Crippen molar-refractivity contribution in [1.82, 2.24) is 5.48 Å². The summed E-state index contributed by atoms with van der Waals surface area (Å²) in [5.74, 6) is -3.11. The Kier molecular flexibility index (Phi) is 7.91. The minimum Gasteiger partial charge on any atom is -0.481 e. The average molecular weight is 336 g/mol. The third-order valence-electron chi connectivity index (χ3n) is 3.64. The molecule has 0 aliphatic carbocycles. The van der Waals surface area contributed by atoms with E-state index in [1.165, 1.54) is 10.4 Å². The van der Waals surface area contributed by atoms with Crippen molar-refractivity contribution in [2.45, 2.75) is 33.1 Å². The van der Waals surface area contributed by atoms with E-state index in [-0.39, 0.29) is 25.3 Å². The predicted octanol–water partition coefficient (Wildman–Crippen LogP) is 2.05. The van der Waals surface area contributed by atoms with Gasteiger partial charge in [-0.1, -0.05) is 32.0 Å². The maximum absolute atomic E-state index is 12.8. The zero-order valence-electron chi connectivity index (χ0n) is 13.9. The highest BCUT2D eigenvalue weighted by molar-refractivity contribution is 6.07. The fourth-order valence-electron chi connectivity index (χ4n) is 2.31. The van der Waals surface area contributed by atoms with E-state index < -0.39 is 23.7 Å². The number of hydrogen-bond acceptors (Lipinski definition) is 4. The Bertz CT molecular complexity index is 559. The summed E-state index contributed by atoms with van der Waals surface area (Å²) in [6, 6.07) is 8.59. The number of hydrogen-bond donors (Lipinski definition) is 3. The first-order valence-corrected chi connectivity index (χ1v) is 7.89. The molecule has 132 valence electrons. The number of rotatable bonds is 9. The molecule has 0 aromatic heterocycles. The van der Waals surface area contributed by atoms with Crippen LogP contribution in [-0.4, -0.2) is 34.6 Å². The maximum Gasteiger partial charge on any atom is 0.305 e. The lowest BCUT2D eigenvalue weighted by Crippen LogP contribution is -2.44. The quantitative estimate of drug-likeness (QED) is 0.363. The highest BCUT2D eigenvalue weighted by Gasteiger charge is 2.31. The van der Waals surface area contributed by atoms with E-state index in [1.54, 1.807) is 30.3 Å². The van der Waals surface area contributed by atoms with E-state index in [1.807, 2.05) is 13.8 Å². The Morgan fingerprint density at radius 3 is 2.25 bits per heavy atom. The molecule has 1 aromatic rings. The van der Waals surface area contributed by atoms with Crippen molar-refractivity contribution in [1.29, 1.82) is 0 Å². The van der Waals surface area contributed by atoms with Gasteiger partial charge in [-0.25, -0.2) is 5.48 Å². The monoisotopic (exact) mass is 336 g/mol. The number of nitrogens with zero attached hydrogens (tertiary/aromatic N) is 1. The minimum absolute atomic E-state index is 0.0466. The Morgan fingerprint density at radius 1 is 1.12 bits per heavy atom. The number of aliphatic carboxylic acids is 1. The fraction of sp³-hybridized carbons (Fsp3) is 0.471. The molecule has 24 heavy (non-hydrogen) atoms. The molecule has 0 saturated carbocycles. The zero-order valence-corrected chi connectivity index (χ0v) is 13.9. The van der Waals surface area contributed by atoms with Crippen molar-refractivity contribution in [3.63, 3.8) is 0 Å². The van der Waals surface area contributed by atoms with Crippen molar-refractivity contribution >= 4 is 23.5 Å². The highest BCUT2D eigenvalue weighted by Crippen LogP contribution is 2.21. The molecule has 2 amide bonds.